The van der Waals surface area contributed by atoms with Gasteiger partial charge in [0.2, 0.25) is 0 Å². The number of hydrogen-bond acceptors (Lipinski definition) is 4. The number of benzene rings is 1. The van der Waals surface area contributed by atoms with E-state index in [9.17, 15) is 0 Å². The summed E-state index contributed by atoms with van der Waals surface area (Å²) in [4.78, 5) is 5.61. The standard InChI is InChI=1S/C15H22N4S/c1-11(2)19-15(17-10-18-19)9-20-14-7-5-6-13(8-14)12(3)16-4/h5-8,10-12,16H,9H2,1-4H3. The lowest BCUT2D eigenvalue weighted by molar-refractivity contribution is 0.514. The van der Waals surface area contributed by atoms with Crippen LogP contribution in [0.3, 0.4) is 0 Å². The van der Waals surface area contributed by atoms with Crippen LogP contribution in [0.25, 0.3) is 0 Å². The van der Waals surface area contributed by atoms with Crippen molar-refractivity contribution < 1.29 is 0 Å². The Morgan fingerprint density at radius 3 is 2.80 bits per heavy atom. The summed E-state index contributed by atoms with van der Waals surface area (Å²) in [6.45, 7) is 6.41. The molecule has 0 radical (unpaired) electrons. The Morgan fingerprint density at radius 2 is 2.10 bits per heavy atom. The molecule has 5 heteroatoms. The summed E-state index contributed by atoms with van der Waals surface area (Å²) in [5.41, 5.74) is 1.31. The fraction of sp³-hybridized carbons (Fsp3) is 0.467. The van der Waals surface area contributed by atoms with Crippen LogP contribution in [-0.4, -0.2) is 21.8 Å². The van der Waals surface area contributed by atoms with Crippen LogP contribution in [0.15, 0.2) is 35.5 Å². The Labute approximate surface area is 125 Å². The van der Waals surface area contributed by atoms with Crippen LogP contribution >= 0.6 is 11.8 Å². The Balaban J connectivity index is 2.05. The van der Waals surface area contributed by atoms with E-state index in [4.69, 9.17) is 0 Å². The van der Waals surface area contributed by atoms with Crippen LogP contribution in [0, 0.1) is 0 Å². The first-order valence-electron chi connectivity index (χ1n) is 6.90. The van der Waals surface area contributed by atoms with Crippen molar-refractivity contribution in [2.75, 3.05) is 7.05 Å². The van der Waals surface area contributed by atoms with E-state index in [1.54, 1.807) is 18.1 Å². The predicted octanol–water partition coefficient (Wildman–Crippen LogP) is 3.43. The fourth-order valence-corrected chi connectivity index (χ4v) is 2.89. The Morgan fingerprint density at radius 1 is 1.30 bits per heavy atom. The van der Waals surface area contributed by atoms with Gasteiger partial charge in [0.25, 0.3) is 0 Å². The van der Waals surface area contributed by atoms with E-state index >= 15 is 0 Å². The van der Waals surface area contributed by atoms with Gasteiger partial charge in [-0.1, -0.05) is 12.1 Å². The monoisotopic (exact) mass is 290 g/mol. The minimum absolute atomic E-state index is 0.351. The second kappa shape index (κ2) is 6.90. The average molecular weight is 290 g/mol. The third kappa shape index (κ3) is 3.61. The van der Waals surface area contributed by atoms with Crippen LogP contribution in [0.4, 0.5) is 0 Å². The molecule has 0 spiro atoms. The molecule has 0 aliphatic heterocycles. The van der Waals surface area contributed by atoms with E-state index in [1.807, 2.05) is 11.7 Å². The molecule has 1 heterocycles. The molecule has 0 saturated heterocycles. The van der Waals surface area contributed by atoms with E-state index in [0.29, 0.717) is 12.1 Å². The van der Waals surface area contributed by atoms with E-state index in [1.165, 1.54) is 10.5 Å². The van der Waals surface area contributed by atoms with E-state index < -0.39 is 0 Å². The van der Waals surface area contributed by atoms with Crippen LogP contribution in [-0.2, 0) is 5.75 Å². The molecule has 108 valence electrons. The molecule has 1 N–H and O–H groups in total. The number of rotatable bonds is 6. The summed E-state index contributed by atoms with van der Waals surface area (Å²) < 4.78 is 1.98. The SMILES string of the molecule is CNC(C)c1cccc(SCc2ncnn2C(C)C)c1. The van der Waals surface area contributed by atoms with Crippen LogP contribution in [0.5, 0.6) is 0 Å². The lowest BCUT2D eigenvalue weighted by Gasteiger charge is -2.12. The second-order valence-electron chi connectivity index (χ2n) is 5.09. The maximum absolute atomic E-state index is 4.34. The van der Waals surface area contributed by atoms with Gasteiger partial charge in [-0.15, -0.1) is 11.8 Å². The molecule has 0 amide bonds. The quantitative estimate of drug-likeness (QED) is 0.828. The van der Waals surface area contributed by atoms with Crippen molar-refractivity contribution in [1.29, 1.82) is 0 Å². The van der Waals surface area contributed by atoms with Crippen molar-refractivity contribution in [3.05, 3.63) is 42.0 Å². The van der Waals surface area contributed by atoms with Gasteiger partial charge in [-0.25, -0.2) is 9.67 Å². The molecule has 1 unspecified atom stereocenters. The lowest BCUT2D eigenvalue weighted by atomic mass is 10.1. The maximum atomic E-state index is 4.34. The molecular weight excluding hydrogens is 268 g/mol. The molecule has 0 fully saturated rings. The average Bonchev–Trinajstić information content (AvgIpc) is 2.93. The number of nitrogens with one attached hydrogen (secondary N) is 1. The smallest absolute Gasteiger partial charge is 0.138 e. The topological polar surface area (TPSA) is 42.7 Å². The van der Waals surface area contributed by atoms with Gasteiger partial charge in [-0.2, -0.15) is 5.10 Å². The third-order valence-corrected chi connectivity index (χ3v) is 4.29. The van der Waals surface area contributed by atoms with Gasteiger partial charge in [0.05, 0.1) is 5.75 Å². The minimum atomic E-state index is 0.351. The van der Waals surface area contributed by atoms with Crippen molar-refractivity contribution in [2.24, 2.45) is 0 Å². The highest BCUT2D eigenvalue weighted by Crippen LogP contribution is 2.25. The van der Waals surface area contributed by atoms with Crippen molar-refractivity contribution >= 4 is 11.8 Å². The van der Waals surface area contributed by atoms with Crippen LogP contribution in [0.1, 0.15) is 44.2 Å². The van der Waals surface area contributed by atoms with Crippen LogP contribution < -0.4 is 5.32 Å². The summed E-state index contributed by atoms with van der Waals surface area (Å²) in [6, 6.07) is 9.37. The first-order chi connectivity index (χ1) is 9.61. The molecule has 1 aromatic heterocycles. The molecule has 0 bridgehead atoms. The highest BCUT2D eigenvalue weighted by Gasteiger charge is 2.09. The lowest BCUT2D eigenvalue weighted by Crippen LogP contribution is -2.12. The molecule has 0 aliphatic rings. The van der Waals surface area contributed by atoms with E-state index in [2.05, 4.69) is 60.4 Å². The molecule has 20 heavy (non-hydrogen) atoms. The first-order valence-corrected chi connectivity index (χ1v) is 7.88. The number of aromatic nitrogens is 3. The highest BCUT2D eigenvalue weighted by molar-refractivity contribution is 7.98. The molecule has 2 aromatic rings. The van der Waals surface area contributed by atoms with Gasteiger partial charge in [0.15, 0.2) is 0 Å². The number of thioether (sulfide) groups is 1. The van der Waals surface area contributed by atoms with Gasteiger partial charge in [0.1, 0.15) is 12.2 Å². The Bertz CT molecular complexity index is 550. The largest absolute Gasteiger partial charge is 0.313 e. The van der Waals surface area contributed by atoms with Crippen LogP contribution in [0.2, 0.25) is 0 Å². The zero-order valence-electron chi connectivity index (χ0n) is 12.5. The summed E-state index contributed by atoms with van der Waals surface area (Å²) >= 11 is 1.80. The van der Waals surface area contributed by atoms with Crippen molar-refractivity contribution in [1.82, 2.24) is 20.1 Å². The minimum Gasteiger partial charge on any atom is -0.313 e. The predicted molar refractivity (Wildman–Crippen MR) is 83.9 cm³/mol. The summed E-state index contributed by atoms with van der Waals surface area (Å²) in [6.07, 6.45) is 1.63. The summed E-state index contributed by atoms with van der Waals surface area (Å²) in [5.74, 6) is 1.87. The highest BCUT2D eigenvalue weighted by atomic mass is 32.2. The number of hydrogen-bond donors (Lipinski definition) is 1. The Kier molecular flexibility index (Phi) is 5.20. The first kappa shape index (κ1) is 15.1. The summed E-state index contributed by atoms with van der Waals surface area (Å²) in [7, 11) is 1.98. The van der Waals surface area contributed by atoms with E-state index in [-0.39, 0.29) is 0 Å². The molecule has 0 saturated carbocycles. The van der Waals surface area contributed by atoms with Crippen molar-refractivity contribution in [3.63, 3.8) is 0 Å². The van der Waals surface area contributed by atoms with E-state index in [0.717, 1.165) is 11.6 Å². The van der Waals surface area contributed by atoms with Crippen molar-refractivity contribution in [2.45, 2.75) is 43.5 Å². The second-order valence-corrected chi connectivity index (χ2v) is 6.13. The van der Waals surface area contributed by atoms with Crippen molar-refractivity contribution in [3.8, 4) is 0 Å². The zero-order chi connectivity index (χ0) is 14.5. The third-order valence-electron chi connectivity index (χ3n) is 3.30. The number of nitrogens with zero attached hydrogens (tertiary/aromatic N) is 3. The summed E-state index contributed by atoms with van der Waals surface area (Å²) in [5, 5.41) is 7.54. The molecule has 2 rings (SSSR count). The Hall–Kier alpha value is -1.33. The molecule has 4 nitrogen and oxygen atoms in total. The van der Waals surface area contributed by atoms with Gasteiger partial charge in [-0.05, 0) is 45.5 Å². The molecule has 0 aliphatic carbocycles. The zero-order valence-corrected chi connectivity index (χ0v) is 13.3. The molecular formula is C15H22N4S. The molecule has 1 aromatic carbocycles. The fourth-order valence-electron chi connectivity index (χ4n) is 2.00. The van der Waals surface area contributed by atoms with Gasteiger partial charge < -0.3 is 5.32 Å². The van der Waals surface area contributed by atoms with Gasteiger partial charge >= 0.3 is 0 Å². The van der Waals surface area contributed by atoms with Gasteiger partial charge in [0, 0.05) is 17.0 Å². The molecule has 1 atom stereocenters. The maximum Gasteiger partial charge on any atom is 0.138 e. The normalized spacial score (nSPS) is 12.8. The van der Waals surface area contributed by atoms with Gasteiger partial charge in [-0.3, -0.25) is 0 Å².